The van der Waals surface area contributed by atoms with Gasteiger partial charge in [0, 0.05) is 20.7 Å². The highest BCUT2D eigenvalue weighted by molar-refractivity contribution is 5.84. The third kappa shape index (κ3) is 3.70. The molecule has 98 valence electrons. The number of rotatable bonds is 5. The van der Waals surface area contributed by atoms with Gasteiger partial charge in [-0.25, -0.2) is 0 Å². The quantitative estimate of drug-likeness (QED) is 0.781. The van der Waals surface area contributed by atoms with Crippen molar-refractivity contribution >= 4 is 11.9 Å². The number of carbonyl (C=O) groups excluding carboxylic acids is 1. The molecule has 0 aromatic rings. The molecule has 2 atom stereocenters. The number of likely N-dealkylation sites (N-methyl/N-ethyl adjacent to an activating group) is 1. The van der Waals surface area contributed by atoms with Crippen molar-refractivity contribution in [3.63, 3.8) is 0 Å². The molecule has 0 spiro atoms. The number of aliphatic carboxylic acids is 1. The maximum absolute atomic E-state index is 12.1. The number of carbonyl (C=O) groups is 2. The lowest BCUT2D eigenvalue weighted by Crippen LogP contribution is -2.41. The molecule has 1 saturated carbocycles. The van der Waals surface area contributed by atoms with E-state index in [0.717, 1.165) is 12.8 Å². The number of hydrogen-bond acceptors (Lipinski definition) is 3. The van der Waals surface area contributed by atoms with E-state index in [4.69, 9.17) is 9.84 Å². The van der Waals surface area contributed by atoms with Crippen LogP contribution in [0.25, 0.3) is 0 Å². The predicted octanol–water partition coefficient (Wildman–Crippen LogP) is 0.982. The molecule has 5 heteroatoms. The summed E-state index contributed by atoms with van der Waals surface area (Å²) in [6.45, 7) is 0.991. The number of ether oxygens (including phenoxy) is 1. The first kappa shape index (κ1) is 14.0. The number of methoxy groups -OCH3 is 1. The molecule has 1 rings (SSSR count). The third-order valence-corrected chi connectivity index (χ3v) is 3.41. The minimum atomic E-state index is -0.844. The fourth-order valence-electron chi connectivity index (χ4n) is 2.34. The molecule has 17 heavy (non-hydrogen) atoms. The van der Waals surface area contributed by atoms with Crippen molar-refractivity contribution in [2.24, 2.45) is 11.8 Å². The maximum atomic E-state index is 12.1. The molecule has 0 aliphatic heterocycles. The highest BCUT2D eigenvalue weighted by Crippen LogP contribution is 2.31. The van der Waals surface area contributed by atoms with Crippen molar-refractivity contribution in [3.05, 3.63) is 0 Å². The minimum absolute atomic E-state index is 0.0610. The summed E-state index contributed by atoms with van der Waals surface area (Å²) in [6.07, 6.45) is 3.15. The highest BCUT2D eigenvalue weighted by Gasteiger charge is 2.36. The predicted molar refractivity (Wildman–Crippen MR) is 62.6 cm³/mol. The van der Waals surface area contributed by atoms with Gasteiger partial charge in [0.2, 0.25) is 5.91 Å². The van der Waals surface area contributed by atoms with Gasteiger partial charge in [0.25, 0.3) is 0 Å². The molecule has 1 aliphatic carbocycles. The van der Waals surface area contributed by atoms with Crippen LogP contribution < -0.4 is 0 Å². The second-order valence-electron chi connectivity index (χ2n) is 4.59. The van der Waals surface area contributed by atoms with E-state index in [0.29, 0.717) is 26.0 Å². The Bertz CT molecular complexity index is 280. The summed E-state index contributed by atoms with van der Waals surface area (Å²) < 4.78 is 4.91. The molecule has 1 N–H and O–H groups in total. The largest absolute Gasteiger partial charge is 0.481 e. The van der Waals surface area contributed by atoms with E-state index >= 15 is 0 Å². The van der Waals surface area contributed by atoms with Gasteiger partial charge < -0.3 is 14.7 Å². The molecular weight excluding hydrogens is 222 g/mol. The third-order valence-electron chi connectivity index (χ3n) is 3.41. The Morgan fingerprint density at radius 3 is 2.41 bits per heavy atom. The SMILES string of the molecule is COCCN(C)C(=O)C1CCCCC1C(=O)O. The van der Waals surface area contributed by atoms with Gasteiger partial charge in [0.15, 0.2) is 0 Å². The van der Waals surface area contributed by atoms with Crippen molar-refractivity contribution in [2.45, 2.75) is 25.7 Å². The van der Waals surface area contributed by atoms with E-state index in [9.17, 15) is 9.59 Å². The maximum Gasteiger partial charge on any atom is 0.307 e. The van der Waals surface area contributed by atoms with Crippen LogP contribution in [0.3, 0.4) is 0 Å². The number of nitrogens with zero attached hydrogens (tertiary/aromatic N) is 1. The Hall–Kier alpha value is -1.10. The molecule has 1 fully saturated rings. The zero-order valence-electron chi connectivity index (χ0n) is 10.5. The minimum Gasteiger partial charge on any atom is -0.481 e. The Morgan fingerprint density at radius 2 is 1.88 bits per heavy atom. The van der Waals surface area contributed by atoms with Gasteiger partial charge in [-0.2, -0.15) is 0 Å². The van der Waals surface area contributed by atoms with E-state index in [-0.39, 0.29) is 11.8 Å². The fourth-order valence-corrected chi connectivity index (χ4v) is 2.34. The van der Waals surface area contributed by atoms with Crippen LogP contribution in [0.4, 0.5) is 0 Å². The molecule has 5 nitrogen and oxygen atoms in total. The average Bonchev–Trinajstić information content (AvgIpc) is 2.34. The first-order valence-electron chi connectivity index (χ1n) is 6.04. The summed E-state index contributed by atoms with van der Waals surface area (Å²) in [5.74, 6) is -1.78. The molecule has 1 amide bonds. The van der Waals surface area contributed by atoms with Crippen LogP contribution in [0.5, 0.6) is 0 Å². The Kier molecular flexibility index (Phi) is 5.41. The lowest BCUT2D eigenvalue weighted by Gasteiger charge is -2.30. The number of carboxylic acids is 1. The van der Waals surface area contributed by atoms with Gasteiger partial charge in [0.05, 0.1) is 18.4 Å². The molecular formula is C12H21NO4. The van der Waals surface area contributed by atoms with Crippen LogP contribution in [0.2, 0.25) is 0 Å². The zero-order chi connectivity index (χ0) is 12.8. The second kappa shape index (κ2) is 6.59. The van der Waals surface area contributed by atoms with Crippen LogP contribution in [0, 0.1) is 11.8 Å². The Balaban J connectivity index is 2.61. The Morgan fingerprint density at radius 1 is 1.29 bits per heavy atom. The molecule has 0 radical (unpaired) electrons. The second-order valence-corrected chi connectivity index (χ2v) is 4.59. The smallest absolute Gasteiger partial charge is 0.307 e. The van der Waals surface area contributed by atoms with Gasteiger partial charge in [-0.3, -0.25) is 9.59 Å². The number of carboxylic acid groups (broad SMARTS) is 1. The first-order valence-corrected chi connectivity index (χ1v) is 6.04. The van der Waals surface area contributed by atoms with Crippen molar-refractivity contribution in [1.82, 2.24) is 4.90 Å². The summed E-state index contributed by atoms with van der Waals surface area (Å²) in [5, 5.41) is 9.12. The normalized spacial score (nSPS) is 24.4. The van der Waals surface area contributed by atoms with Gasteiger partial charge >= 0.3 is 5.97 Å². The van der Waals surface area contributed by atoms with Crippen molar-refractivity contribution in [2.75, 3.05) is 27.3 Å². The van der Waals surface area contributed by atoms with Gasteiger partial charge in [0.1, 0.15) is 0 Å². The summed E-state index contributed by atoms with van der Waals surface area (Å²) in [7, 11) is 3.29. The molecule has 2 unspecified atom stereocenters. The van der Waals surface area contributed by atoms with Crippen molar-refractivity contribution in [1.29, 1.82) is 0 Å². The number of amides is 1. The summed E-state index contributed by atoms with van der Waals surface area (Å²) in [6, 6.07) is 0. The van der Waals surface area contributed by atoms with Crippen LogP contribution in [-0.4, -0.2) is 49.2 Å². The van der Waals surface area contributed by atoms with Crippen LogP contribution >= 0.6 is 0 Å². The summed E-state index contributed by atoms with van der Waals surface area (Å²) in [5.41, 5.74) is 0. The average molecular weight is 243 g/mol. The van der Waals surface area contributed by atoms with Crippen molar-refractivity contribution in [3.8, 4) is 0 Å². The lowest BCUT2D eigenvalue weighted by molar-refractivity contribution is -0.152. The van der Waals surface area contributed by atoms with E-state index in [2.05, 4.69) is 0 Å². The number of hydrogen-bond donors (Lipinski definition) is 1. The summed E-state index contributed by atoms with van der Waals surface area (Å²) >= 11 is 0. The van der Waals surface area contributed by atoms with Crippen LogP contribution in [0.15, 0.2) is 0 Å². The van der Waals surface area contributed by atoms with Crippen LogP contribution in [0.1, 0.15) is 25.7 Å². The monoisotopic (exact) mass is 243 g/mol. The molecule has 0 bridgehead atoms. The molecule has 0 aromatic carbocycles. The molecule has 0 aromatic heterocycles. The summed E-state index contributed by atoms with van der Waals surface area (Å²) in [4.78, 5) is 24.8. The van der Waals surface area contributed by atoms with Gasteiger partial charge in [-0.1, -0.05) is 12.8 Å². The lowest BCUT2D eigenvalue weighted by atomic mass is 9.78. The first-order chi connectivity index (χ1) is 8.07. The van der Waals surface area contributed by atoms with Gasteiger partial charge in [-0.15, -0.1) is 0 Å². The molecule has 0 saturated heterocycles. The molecule has 0 heterocycles. The fraction of sp³-hybridized carbons (Fsp3) is 0.833. The van der Waals surface area contributed by atoms with E-state index in [1.807, 2.05) is 0 Å². The van der Waals surface area contributed by atoms with E-state index < -0.39 is 11.9 Å². The highest BCUT2D eigenvalue weighted by atomic mass is 16.5. The Labute approximate surface area is 102 Å². The topological polar surface area (TPSA) is 66.8 Å². The zero-order valence-corrected chi connectivity index (χ0v) is 10.5. The van der Waals surface area contributed by atoms with Gasteiger partial charge in [-0.05, 0) is 12.8 Å². The van der Waals surface area contributed by atoms with Crippen molar-refractivity contribution < 1.29 is 19.4 Å². The molecule has 1 aliphatic rings. The van der Waals surface area contributed by atoms with E-state index in [1.54, 1.807) is 19.1 Å². The van der Waals surface area contributed by atoms with Crippen LogP contribution in [-0.2, 0) is 14.3 Å². The van der Waals surface area contributed by atoms with E-state index in [1.165, 1.54) is 0 Å². The standard InChI is InChI=1S/C12H21NO4/c1-13(7-8-17-2)11(14)9-5-3-4-6-10(9)12(15)16/h9-10H,3-8H2,1-2H3,(H,15,16).